The Morgan fingerprint density at radius 1 is 1.44 bits per heavy atom. The van der Waals surface area contributed by atoms with Gasteiger partial charge in [-0.15, -0.1) is 0 Å². The second-order valence-electron chi connectivity index (χ2n) is 5.28. The largest absolute Gasteiger partial charge is 0.394 e. The Balaban J connectivity index is 2.46. The molecule has 0 amide bonds. The predicted octanol–water partition coefficient (Wildman–Crippen LogP) is 2.58. The maximum absolute atomic E-state index is 9.53. The average Bonchev–Trinajstić information content (AvgIpc) is 2.73. The molecule has 0 aliphatic carbocycles. The summed E-state index contributed by atoms with van der Waals surface area (Å²) in [5.74, 6) is 0. The molecule has 0 saturated carbocycles. The first-order valence-electron chi connectivity index (χ1n) is 5.97. The van der Waals surface area contributed by atoms with Crippen molar-refractivity contribution in [3.8, 4) is 0 Å². The van der Waals surface area contributed by atoms with Gasteiger partial charge in [-0.05, 0) is 31.0 Å². The fraction of sp³-hybridized carbons (Fsp3) is 0.538. The maximum Gasteiger partial charge on any atom is 0.0640 e. The molecule has 100 valence electrons. The molecule has 1 aromatic carbocycles. The zero-order chi connectivity index (χ0) is 13.5. The molecular formula is C13H18Cl2N2O. The summed E-state index contributed by atoms with van der Waals surface area (Å²) in [4.78, 5) is 2.18. The maximum atomic E-state index is 9.53. The van der Waals surface area contributed by atoms with Gasteiger partial charge in [0.15, 0.2) is 0 Å². The molecule has 0 bridgehead atoms. The third kappa shape index (κ3) is 2.15. The molecule has 1 aliphatic rings. The van der Waals surface area contributed by atoms with Crippen LogP contribution in [0.15, 0.2) is 12.1 Å². The highest BCUT2D eigenvalue weighted by Crippen LogP contribution is 2.43. The molecule has 0 aromatic heterocycles. The summed E-state index contributed by atoms with van der Waals surface area (Å²) >= 11 is 12.3. The number of rotatable bonds is 3. The summed E-state index contributed by atoms with van der Waals surface area (Å²) in [6.07, 6.45) is 0. The zero-order valence-electron chi connectivity index (χ0n) is 10.6. The molecular weight excluding hydrogens is 271 g/mol. The van der Waals surface area contributed by atoms with E-state index in [-0.39, 0.29) is 18.2 Å². The SMILES string of the molecule is CC(C)(CO)N1Cc2c(ccc(Cl)c2Cl)C1CN. The number of fused-ring (bicyclic) bond motifs is 1. The summed E-state index contributed by atoms with van der Waals surface area (Å²) in [6.45, 7) is 5.23. The molecule has 18 heavy (non-hydrogen) atoms. The first-order valence-corrected chi connectivity index (χ1v) is 6.72. The fourth-order valence-electron chi connectivity index (χ4n) is 2.51. The summed E-state index contributed by atoms with van der Waals surface area (Å²) in [5.41, 5.74) is 7.69. The molecule has 1 atom stereocenters. The minimum absolute atomic E-state index is 0.0723. The molecule has 3 N–H and O–H groups in total. The van der Waals surface area contributed by atoms with Gasteiger partial charge >= 0.3 is 0 Å². The lowest BCUT2D eigenvalue weighted by atomic mass is 10.0. The summed E-state index contributed by atoms with van der Waals surface area (Å²) in [7, 11) is 0. The van der Waals surface area contributed by atoms with E-state index in [1.807, 2.05) is 19.9 Å². The van der Waals surface area contributed by atoms with Gasteiger partial charge in [-0.25, -0.2) is 0 Å². The lowest BCUT2D eigenvalue weighted by Gasteiger charge is -2.38. The van der Waals surface area contributed by atoms with E-state index in [9.17, 15) is 5.11 Å². The van der Waals surface area contributed by atoms with E-state index in [0.29, 0.717) is 23.1 Å². The number of nitrogens with two attached hydrogens (primary N) is 1. The molecule has 1 unspecified atom stereocenters. The molecule has 1 heterocycles. The molecule has 0 spiro atoms. The Bertz CT molecular complexity index is 463. The van der Waals surface area contributed by atoms with E-state index in [1.54, 1.807) is 6.07 Å². The van der Waals surface area contributed by atoms with Crippen LogP contribution in [0.5, 0.6) is 0 Å². The molecule has 0 saturated heterocycles. The Kier molecular flexibility index (Phi) is 3.90. The van der Waals surface area contributed by atoms with Crippen LogP contribution in [0, 0.1) is 0 Å². The van der Waals surface area contributed by atoms with Crippen LogP contribution >= 0.6 is 23.2 Å². The highest BCUT2D eigenvalue weighted by Gasteiger charge is 2.39. The van der Waals surface area contributed by atoms with Crippen molar-refractivity contribution in [1.82, 2.24) is 4.90 Å². The topological polar surface area (TPSA) is 49.5 Å². The first-order chi connectivity index (χ1) is 8.42. The Morgan fingerprint density at radius 3 is 2.67 bits per heavy atom. The van der Waals surface area contributed by atoms with Gasteiger partial charge in [-0.2, -0.15) is 0 Å². The van der Waals surface area contributed by atoms with Crippen LogP contribution < -0.4 is 5.73 Å². The minimum atomic E-state index is -0.334. The van der Waals surface area contributed by atoms with Gasteiger partial charge in [-0.1, -0.05) is 29.3 Å². The normalized spacial score (nSPS) is 20.2. The number of hydrogen-bond donors (Lipinski definition) is 2. The van der Waals surface area contributed by atoms with Gasteiger partial charge < -0.3 is 10.8 Å². The smallest absolute Gasteiger partial charge is 0.0640 e. The minimum Gasteiger partial charge on any atom is -0.394 e. The van der Waals surface area contributed by atoms with E-state index >= 15 is 0 Å². The zero-order valence-corrected chi connectivity index (χ0v) is 12.1. The molecule has 1 aromatic rings. The molecule has 2 rings (SSSR count). The molecule has 1 aliphatic heterocycles. The number of aliphatic hydroxyl groups excluding tert-OH is 1. The Hall–Kier alpha value is -0.320. The Labute approximate surface area is 117 Å². The van der Waals surface area contributed by atoms with Crippen molar-refractivity contribution in [2.45, 2.75) is 32.0 Å². The molecule has 0 radical (unpaired) electrons. The van der Waals surface area contributed by atoms with Crippen LogP contribution in [-0.2, 0) is 6.54 Å². The standard InChI is InChI=1S/C13H18Cl2N2O/c1-13(2,7-18)17-6-9-8(11(17)5-16)3-4-10(14)12(9)15/h3-4,11,18H,5-7,16H2,1-2H3. The highest BCUT2D eigenvalue weighted by molar-refractivity contribution is 6.42. The van der Waals surface area contributed by atoms with E-state index in [1.165, 1.54) is 0 Å². The lowest BCUT2D eigenvalue weighted by Crippen LogP contribution is -2.47. The Morgan fingerprint density at radius 2 is 2.11 bits per heavy atom. The number of hydrogen-bond acceptors (Lipinski definition) is 3. The van der Waals surface area contributed by atoms with Crippen molar-refractivity contribution in [3.05, 3.63) is 33.3 Å². The summed E-state index contributed by atoms with van der Waals surface area (Å²) in [6, 6.07) is 3.87. The van der Waals surface area contributed by atoms with Crippen molar-refractivity contribution in [2.75, 3.05) is 13.2 Å². The number of nitrogens with zero attached hydrogens (tertiary/aromatic N) is 1. The second-order valence-corrected chi connectivity index (χ2v) is 6.06. The average molecular weight is 289 g/mol. The number of benzene rings is 1. The molecule has 3 nitrogen and oxygen atoms in total. The number of aliphatic hydroxyl groups is 1. The van der Waals surface area contributed by atoms with Crippen molar-refractivity contribution in [2.24, 2.45) is 5.73 Å². The summed E-state index contributed by atoms with van der Waals surface area (Å²) < 4.78 is 0. The van der Waals surface area contributed by atoms with Crippen LogP contribution in [0.1, 0.15) is 31.0 Å². The van der Waals surface area contributed by atoms with Gasteiger partial charge in [0.25, 0.3) is 0 Å². The quantitative estimate of drug-likeness (QED) is 0.899. The first kappa shape index (κ1) is 14.1. The van der Waals surface area contributed by atoms with Gasteiger partial charge in [-0.3, -0.25) is 4.90 Å². The number of halogens is 2. The van der Waals surface area contributed by atoms with Crippen molar-refractivity contribution in [1.29, 1.82) is 0 Å². The van der Waals surface area contributed by atoms with E-state index < -0.39 is 0 Å². The van der Waals surface area contributed by atoms with Gasteiger partial charge in [0, 0.05) is 24.7 Å². The van der Waals surface area contributed by atoms with Crippen LogP contribution in [-0.4, -0.2) is 28.7 Å². The third-order valence-electron chi connectivity index (χ3n) is 3.68. The van der Waals surface area contributed by atoms with Crippen molar-refractivity contribution in [3.63, 3.8) is 0 Å². The third-order valence-corrected chi connectivity index (χ3v) is 4.53. The fourth-order valence-corrected chi connectivity index (χ4v) is 2.92. The van der Waals surface area contributed by atoms with Crippen molar-refractivity contribution < 1.29 is 5.11 Å². The van der Waals surface area contributed by atoms with Crippen LogP contribution in [0.2, 0.25) is 10.0 Å². The second kappa shape index (κ2) is 4.99. The van der Waals surface area contributed by atoms with Crippen LogP contribution in [0.4, 0.5) is 0 Å². The molecule has 5 heteroatoms. The predicted molar refractivity (Wildman–Crippen MR) is 75.0 cm³/mol. The van der Waals surface area contributed by atoms with Gasteiger partial charge in [0.2, 0.25) is 0 Å². The monoisotopic (exact) mass is 288 g/mol. The van der Waals surface area contributed by atoms with E-state index in [4.69, 9.17) is 28.9 Å². The van der Waals surface area contributed by atoms with E-state index in [0.717, 1.165) is 11.1 Å². The summed E-state index contributed by atoms with van der Waals surface area (Å²) in [5, 5.41) is 10.7. The van der Waals surface area contributed by atoms with Crippen LogP contribution in [0.3, 0.4) is 0 Å². The highest BCUT2D eigenvalue weighted by atomic mass is 35.5. The van der Waals surface area contributed by atoms with Crippen molar-refractivity contribution >= 4 is 23.2 Å². The molecule has 0 fully saturated rings. The lowest BCUT2D eigenvalue weighted by molar-refractivity contribution is 0.0293. The van der Waals surface area contributed by atoms with Gasteiger partial charge in [0.05, 0.1) is 16.7 Å². The van der Waals surface area contributed by atoms with Crippen LogP contribution in [0.25, 0.3) is 0 Å². The van der Waals surface area contributed by atoms with E-state index in [2.05, 4.69) is 4.90 Å². The van der Waals surface area contributed by atoms with Gasteiger partial charge in [0.1, 0.15) is 0 Å².